The van der Waals surface area contributed by atoms with Crippen LogP contribution in [0.1, 0.15) is 173 Å². The van der Waals surface area contributed by atoms with Crippen LogP contribution in [0.5, 0.6) is 0 Å². The molecule has 0 bridgehead atoms. The molecule has 0 rings (SSSR count). The minimum atomic E-state index is -1.88. The van der Waals surface area contributed by atoms with Crippen molar-refractivity contribution < 1.29 is 35.1 Å². The zero-order valence-electron chi connectivity index (χ0n) is 39.4. The van der Waals surface area contributed by atoms with Gasteiger partial charge in [-0.15, -0.1) is 0 Å². The summed E-state index contributed by atoms with van der Waals surface area (Å²) < 4.78 is 0. The number of rotatable bonds is 50. The van der Waals surface area contributed by atoms with Gasteiger partial charge < -0.3 is 68.9 Å². The van der Waals surface area contributed by atoms with Gasteiger partial charge in [-0.3, -0.25) is 9.59 Å². The van der Waals surface area contributed by atoms with Crippen LogP contribution in [0, 0.1) is 5.92 Å². The molecule has 0 unspecified atom stereocenters. The zero-order chi connectivity index (χ0) is 45.6. The van der Waals surface area contributed by atoms with E-state index >= 15 is 0 Å². The maximum atomic E-state index is 12.3. The molecule has 0 aliphatic heterocycles. The fourth-order valence-electron chi connectivity index (χ4n) is 7.52. The third kappa shape index (κ3) is 40.0. The van der Waals surface area contributed by atoms with Crippen LogP contribution in [0.3, 0.4) is 0 Å². The number of aliphatic hydroxyl groups is 5. The van der Waals surface area contributed by atoms with Crippen molar-refractivity contribution >= 4 is 11.8 Å². The lowest BCUT2D eigenvalue weighted by Crippen LogP contribution is -2.51. The Balaban J connectivity index is 3.74. The van der Waals surface area contributed by atoms with E-state index in [1.165, 1.54) is 109 Å². The molecule has 4 atom stereocenters. The SMILES string of the molecule is NCCCNCCCCNCC(CCCCCCNC(=O)CCCCCCCCCCCCCCCCCNC(=O)[C@@H](O)[C@@H](O)[C@@H](O)[C@H](O)CO)CNCCCCNCCCN. The Morgan fingerprint density at radius 2 is 0.790 bits per heavy atom. The fourth-order valence-corrected chi connectivity index (χ4v) is 7.52. The lowest BCUT2D eigenvalue weighted by Gasteiger charge is -2.24. The highest BCUT2D eigenvalue weighted by atomic mass is 16.4. The summed E-state index contributed by atoms with van der Waals surface area (Å²) in [7, 11) is 0. The van der Waals surface area contributed by atoms with Gasteiger partial charge in [0.25, 0.3) is 5.91 Å². The van der Waals surface area contributed by atoms with Gasteiger partial charge >= 0.3 is 0 Å². The number of nitrogens with two attached hydrogens (primary N) is 2. The molecule has 15 heteroatoms. The molecule has 0 saturated heterocycles. The minimum absolute atomic E-state index is 0.206. The highest BCUT2D eigenvalue weighted by Crippen LogP contribution is 2.15. The number of carbonyl (C=O) groups excluding carboxylic acids is 2. The lowest BCUT2D eigenvalue weighted by atomic mass is 10.00. The van der Waals surface area contributed by atoms with E-state index in [4.69, 9.17) is 16.6 Å². The van der Waals surface area contributed by atoms with Gasteiger partial charge in [0.15, 0.2) is 6.10 Å². The van der Waals surface area contributed by atoms with Crippen LogP contribution in [-0.2, 0) is 9.59 Å². The Morgan fingerprint density at radius 1 is 0.419 bits per heavy atom. The molecule has 0 aliphatic rings. The first kappa shape index (κ1) is 60.5. The fraction of sp³-hybridized carbons (Fsp3) is 0.957. The lowest BCUT2D eigenvalue weighted by molar-refractivity contribution is -0.148. The van der Waals surface area contributed by atoms with Crippen LogP contribution in [0.25, 0.3) is 0 Å². The van der Waals surface area contributed by atoms with Crippen molar-refractivity contribution in [3.63, 3.8) is 0 Å². The first-order valence-electron chi connectivity index (χ1n) is 25.4. The molecule has 0 radical (unpaired) electrons. The first-order chi connectivity index (χ1) is 30.3. The first-order valence-corrected chi connectivity index (χ1v) is 25.4. The molecule has 0 heterocycles. The van der Waals surface area contributed by atoms with E-state index in [1.54, 1.807) is 0 Å². The van der Waals surface area contributed by atoms with Gasteiger partial charge in [0, 0.05) is 19.5 Å². The van der Waals surface area contributed by atoms with Gasteiger partial charge in [0.1, 0.15) is 18.3 Å². The van der Waals surface area contributed by atoms with Crippen molar-refractivity contribution in [2.24, 2.45) is 17.4 Å². The second kappa shape index (κ2) is 47.5. The molecule has 15 nitrogen and oxygen atoms in total. The zero-order valence-corrected chi connectivity index (χ0v) is 39.4. The molecule has 0 aromatic carbocycles. The van der Waals surface area contributed by atoms with Crippen LogP contribution in [0.2, 0.25) is 0 Å². The van der Waals surface area contributed by atoms with Gasteiger partial charge in [0.2, 0.25) is 5.91 Å². The maximum absolute atomic E-state index is 12.3. The average molecular weight is 889 g/mol. The van der Waals surface area contributed by atoms with Crippen LogP contribution >= 0.6 is 0 Å². The van der Waals surface area contributed by atoms with E-state index in [9.17, 15) is 30.0 Å². The molecule has 0 spiro atoms. The second-order valence-electron chi connectivity index (χ2n) is 17.5. The number of hydrogen-bond acceptors (Lipinski definition) is 13. The van der Waals surface area contributed by atoms with Gasteiger partial charge in [0.05, 0.1) is 6.61 Å². The van der Waals surface area contributed by atoms with E-state index < -0.39 is 36.9 Å². The number of carbonyl (C=O) groups is 2. The maximum Gasteiger partial charge on any atom is 0.251 e. The summed E-state index contributed by atoms with van der Waals surface area (Å²) in [5.74, 6) is 0.0470. The summed E-state index contributed by atoms with van der Waals surface area (Å²) in [6.07, 6.45) is 23.7. The molecule has 62 heavy (non-hydrogen) atoms. The van der Waals surface area contributed by atoms with Crippen molar-refractivity contribution in [2.45, 2.75) is 198 Å². The smallest absolute Gasteiger partial charge is 0.251 e. The van der Waals surface area contributed by atoms with Crippen molar-refractivity contribution in [3.05, 3.63) is 0 Å². The summed E-state index contributed by atoms with van der Waals surface area (Å²) in [6, 6.07) is 0. The van der Waals surface area contributed by atoms with E-state index in [0.29, 0.717) is 18.9 Å². The molecule has 0 fully saturated rings. The largest absolute Gasteiger partial charge is 0.394 e. The molecule has 0 aromatic rings. The summed E-state index contributed by atoms with van der Waals surface area (Å²) in [5.41, 5.74) is 11.1. The standard InChI is InChI=1S/C47H100N8O7/c48-28-24-34-50-30-20-22-32-52-38-41(39-53-33-23-21-31-51-35-25-29-49)26-16-13-15-18-36-54-43(58)27-17-12-10-8-6-4-2-1-3-5-7-9-11-14-19-37-55-47(62)46(61)45(60)44(59)42(57)40-56/h41-42,44-46,50-53,56-57,59-61H,1-40,48-49H2,(H,54,58)(H,55,62)/t42-,44+,45+,46+/m1/s1. The Labute approximate surface area is 378 Å². The summed E-state index contributed by atoms with van der Waals surface area (Å²) in [5, 5.41) is 67.5. The molecule has 370 valence electrons. The van der Waals surface area contributed by atoms with Crippen LogP contribution < -0.4 is 43.4 Å². The van der Waals surface area contributed by atoms with Crippen LogP contribution in [0.4, 0.5) is 0 Å². The third-order valence-corrected chi connectivity index (χ3v) is 11.7. The average Bonchev–Trinajstić information content (AvgIpc) is 3.28. The number of nitrogens with one attached hydrogen (secondary N) is 6. The molecule has 0 aliphatic carbocycles. The highest BCUT2D eigenvalue weighted by molar-refractivity contribution is 5.81. The molecular weight excluding hydrogens is 789 g/mol. The van der Waals surface area contributed by atoms with Crippen LogP contribution in [0.15, 0.2) is 0 Å². The number of unbranched alkanes of at least 4 members (excludes halogenated alkanes) is 19. The van der Waals surface area contributed by atoms with Crippen molar-refractivity contribution in [1.29, 1.82) is 0 Å². The summed E-state index contributed by atoms with van der Waals surface area (Å²) >= 11 is 0. The number of hydrogen-bond donors (Lipinski definition) is 13. The van der Waals surface area contributed by atoms with Crippen molar-refractivity contribution in [1.82, 2.24) is 31.9 Å². The number of aliphatic hydroxyl groups excluding tert-OH is 5. The van der Waals surface area contributed by atoms with Gasteiger partial charge in [-0.2, -0.15) is 0 Å². The summed E-state index contributed by atoms with van der Waals surface area (Å²) in [4.78, 5) is 24.3. The van der Waals surface area contributed by atoms with Crippen molar-refractivity contribution in [3.8, 4) is 0 Å². The van der Waals surface area contributed by atoms with E-state index in [1.807, 2.05) is 0 Å². The number of amides is 2. The predicted octanol–water partition coefficient (Wildman–Crippen LogP) is 3.08. The van der Waals surface area contributed by atoms with Gasteiger partial charge in [-0.05, 0) is 136 Å². The second-order valence-corrected chi connectivity index (χ2v) is 17.5. The van der Waals surface area contributed by atoms with E-state index in [2.05, 4.69) is 31.9 Å². The minimum Gasteiger partial charge on any atom is -0.394 e. The highest BCUT2D eigenvalue weighted by Gasteiger charge is 2.33. The molecule has 0 saturated carbocycles. The van der Waals surface area contributed by atoms with Gasteiger partial charge in [-0.1, -0.05) is 103 Å². The van der Waals surface area contributed by atoms with E-state index in [-0.39, 0.29) is 5.91 Å². The Morgan fingerprint density at radius 3 is 1.24 bits per heavy atom. The normalized spacial score (nSPS) is 13.7. The predicted molar refractivity (Wildman–Crippen MR) is 255 cm³/mol. The Bertz CT molecular complexity index is 938. The Kier molecular flexibility index (Phi) is 46.3. The van der Waals surface area contributed by atoms with Crippen LogP contribution in [-0.4, -0.2) is 147 Å². The topological polar surface area (TPSA) is 260 Å². The molecule has 2 amide bonds. The Hall–Kier alpha value is -1.50. The molecular formula is C47H100N8O7. The molecule has 15 N–H and O–H groups in total. The quantitative estimate of drug-likeness (QED) is 0.0393. The molecule has 0 aromatic heterocycles. The monoisotopic (exact) mass is 889 g/mol. The third-order valence-electron chi connectivity index (χ3n) is 11.7. The van der Waals surface area contributed by atoms with E-state index in [0.717, 1.165) is 130 Å². The van der Waals surface area contributed by atoms with Crippen molar-refractivity contribution in [2.75, 3.05) is 85.1 Å². The summed E-state index contributed by atoms with van der Waals surface area (Å²) in [6.45, 7) is 10.4. The van der Waals surface area contributed by atoms with Gasteiger partial charge in [-0.25, -0.2) is 0 Å².